The van der Waals surface area contributed by atoms with Gasteiger partial charge in [-0.2, -0.15) is 0 Å². The van der Waals surface area contributed by atoms with Crippen LogP contribution in [0.2, 0.25) is 0 Å². The predicted molar refractivity (Wildman–Crippen MR) is 159 cm³/mol. The second-order valence-electron chi connectivity index (χ2n) is 14.8. The van der Waals surface area contributed by atoms with Gasteiger partial charge in [0.15, 0.2) is 0 Å². The van der Waals surface area contributed by atoms with E-state index in [-0.39, 0.29) is 29.0 Å². The van der Waals surface area contributed by atoms with Gasteiger partial charge in [-0.05, 0) is 105 Å². The van der Waals surface area contributed by atoms with E-state index in [4.69, 9.17) is 9.47 Å². The maximum absolute atomic E-state index is 12.2. The summed E-state index contributed by atoms with van der Waals surface area (Å²) in [5.74, 6) is 4.38. The highest BCUT2D eigenvalue weighted by molar-refractivity contribution is 5.72. The summed E-state index contributed by atoms with van der Waals surface area (Å²) in [6.45, 7) is 16.5. The molecule has 1 heterocycles. The van der Waals surface area contributed by atoms with Crippen LogP contribution in [0.1, 0.15) is 126 Å². The Bertz CT molecular complexity index is 1060. The van der Waals surface area contributed by atoms with Crippen molar-refractivity contribution in [3.8, 4) is 0 Å². The van der Waals surface area contributed by atoms with Crippen LogP contribution in [-0.4, -0.2) is 30.1 Å². The lowest BCUT2D eigenvalue weighted by Crippen LogP contribution is -2.50. The fourth-order valence-electron chi connectivity index (χ4n) is 10.3. The third-order valence-electron chi connectivity index (χ3n) is 12.4. The molecule has 0 bridgehead atoms. The van der Waals surface area contributed by atoms with E-state index in [1.165, 1.54) is 37.0 Å². The van der Waals surface area contributed by atoms with Crippen molar-refractivity contribution in [2.45, 2.75) is 137 Å². The molecule has 40 heavy (non-hydrogen) atoms. The number of carbonyl (C=O) groups excluding carboxylic acids is 2. The lowest BCUT2D eigenvalue weighted by Gasteiger charge is -2.58. The number of carbonyl (C=O) groups is 2. The van der Waals surface area contributed by atoms with Crippen LogP contribution in [0.5, 0.6) is 0 Å². The van der Waals surface area contributed by atoms with Gasteiger partial charge in [0.1, 0.15) is 11.7 Å². The molecule has 5 heteroatoms. The Kier molecular flexibility index (Phi) is 8.27. The molecule has 0 aromatic carbocycles. The number of rotatable bonds is 9. The lowest BCUT2D eigenvalue weighted by molar-refractivity contribution is -0.151. The van der Waals surface area contributed by atoms with E-state index in [1.807, 2.05) is 6.92 Å². The summed E-state index contributed by atoms with van der Waals surface area (Å²) in [5.41, 5.74) is 3.58. The van der Waals surface area contributed by atoms with Gasteiger partial charge in [0.2, 0.25) is 5.91 Å². The molecule has 5 nitrogen and oxygen atoms in total. The molecule has 0 aromatic heterocycles. The van der Waals surface area contributed by atoms with E-state index in [1.54, 1.807) is 12.5 Å². The Morgan fingerprint density at radius 1 is 1.18 bits per heavy atom. The van der Waals surface area contributed by atoms with Gasteiger partial charge >= 0.3 is 5.97 Å². The van der Waals surface area contributed by atoms with E-state index in [0.29, 0.717) is 29.6 Å². The minimum atomic E-state index is -0.0510. The zero-order chi connectivity index (χ0) is 28.9. The van der Waals surface area contributed by atoms with Gasteiger partial charge in [-0.3, -0.25) is 9.59 Å². The van der Waals surface area contributed by atoms with Crippen molar-refractivity contribution in [3.05, 3.63) is 23.0 Å². The van der Waals surface area contributed by atoms with E-state index in [9.17, 15) is 9.59 Å². The van der Waals surface area contributed by atoms with Crippen molar-refractivity contribution in [2.75, 3.05) is 6.54 Å². The Balaban J connectivity index is 1.32. The number of allylic oxidation sites excluding steroid dienone is 2. The SMILES string of the molecule is CCCC(=O)O[C@@H]1CC[C@@]2(C)C(=CC[C@H]3[C@H]2CC[C@@]2(C)[C@H]3C[C@]3(CC)OC(CC[C@H](C)CNC(C)=O)=C(C)[C@@H]32)C1. The summed E-state index contributed by atoms with van der Waals surface area (Å²) in [6.07, 6.45) is 15.2. The summed E-state index contributed by atoms with van der Waals surface area (Å²) in [4.78, 5) is 23.5. The normalized spacial score (nSPS) is 40.7. The molecule has 0 saturated heterocycles. The van der Waals surface area contributed by atoms with Crippen molar-refractivity contribution in [3.63, 3.8) is 0 Å². The molecule has 5 rings (SSSR count). The smallest absolute Gasteiger partial charge is 0.306 e. The monoisotopic (exact) mass is 553 g/mol. The van der Waals surface area contributed by atoms with Gasteiger partial charge in [-0.15, -0.1) is 0 Å². The van der Waals surface area contributed by atoms with Crippen LogP contribution in [0.25, 0.3) is 0 Å². The van der Waals surface area contributed by atoms with Crippen LogP contribution < -0.4 is 5.32 Å². The van der Waals surface area contributed by atoms with Crippen LogP contribution in [0.15, 0.2) is 23.0 Å². The first-order valence-electron chi connectivity index (χ1n) is 16.5. The predicted octanol–water partition coefficient (Wildman–Crippen LogP) is 7.89. The average molecular weight is 554 g/mol. The Morgan fingerprint density at radius 3 is 2.65 bits per heavy atom. The second-order valence-corrected chi connectivity index (χ2v) is 14.8. The largest absolute Gasteiger partial charge is 0.491 e. The minimum absolute atomic E-state index is 0.0221. The molecule has 3 fully saturated rings. The molecule has 0 aromatic rings. The van der Waals surface area contributed by atoms with Crippen molar-refractivity contribution < 1.29 is 19.1 Å². The number of hydrogen-bond acceptors (Lipinski definition) is 4. The molecule has 0 radical (unpaired) electrons. The molecular weight excluding hydrogens is 498 g/mol. The number of ether oxygens (including phenoxy) is 2. The molecule has 1 aliphatic heterocycles. The maximum Gasteiger partial charge on any atom is 0.306 e. The fraction of sp³-hybridized carbons (Fsp3) is 0.829. The quantitative estimate of drug-likeness (QED) is 0.233. The molecule has 5 aliphatic rings. The van der Waals surface area contributed by atoms with Crippen molar-refractivity contribution in [1.82, 2.24) is 5.32 Å². The molecule has 1 amide bonds. The first kappa shape index (κ1) is 29.7. The molecule has 0 unspecified atom stereocenters. The highest BCUT2D eigenvalue weighted by Crippen LogP contribution is 2.72. The maximum atomic E-state index is 12.2. The van der Waals surface area contributed by atoms with Gasteiger partial charge in [0.25, 0.3) is 0 Å². The third-order valence-corrected chi connectivity index (χ3v) is 12.4. The standard InChI is InChI=1S/C35H55NO4/c1-8-10-31(38)39-26-15-17-33(6)25(19-26)12-13-27-28(33)16-18-34(7)29(27)20-35(9-2)32(34)23(4)30(40-35)14-11-22(3)21-36-24(5)37/h12,22,26-29,32H,8-11,13-21H2,1-7H3,(H,36,37)/t22-,26+,27-,28+,29-,32+,33-,34-,35-/m0/s1. The first-order valence-corrected chi connectivity index (χ1v) is 16.5. The molecule has 3 saturated carbocycles. The van der Waals surface area contributed by atoms with Crippen LogP contribution >= 0.6 is 0 Å². The molecule has 0 spiro atoms. The third kappa shape index (κ3) is 4.96. The Morgan fingerprint density at radius 2 is 1.95 bits per heavy atom. The highest BCUT2D eigenvalue weighted by Gasteiger charge is 2.68. The Hall–Kier alpha value is -1.78. The number of nitrogens with one attached hydrogen (secondary N) is 1. The summed E-state index contributed by atoms with van der Waals surface area (Å²) in [6, 6.07) is 0. The van der Waals surface area contributed by atoms with Crippen molar-refractivity contribution in [1.29, 1.82) is 0 Å². The van der Waals surface area contributed by atoms with E-state index < -0.39 is 0 Å². The summed E-state index contributed by atoms with van der Waals surface area (Å²) in [7, 11) is 0. The highest BCUT2D eigenvalue weighted by atomic mass is 16.5. The van der Waals surface area contributed by atoms with Crippen LogP contribution in [0.3, 0.4) is 0 Å². The topological polar surface area (TPSA) is 64.6 Å². The van der Waals surface area contributed by atoms with Crippen molar-refractivity contribution in [2.24, 2.45) is 40.4 Å². The average Bonchev–Trinajstić information content (AvgIpc) is 3.35. The molecule has 1 N–H and O–H groups in total. The summed E-state index contributed by atoms with van der Waals surface area (Å²) < 4.78 is 13.0. The van der Waals surface area contributed by atoms with Gasteiger partial charge in [-0.25, -0.2) is 0 Å². The van der Waals surface area contributed by atoms with E-state index in [2.05, 4.69) is 46.0 Å². The molecule has 9 atom stereocenters. The van der Waals surface area contributed by atoms with Gasteiger partial charge in [0, 0.05) is 38.6 Å². The molecular formula is C35H55NO4. The number of amides is 1. The van der Waals surface area contributed by atoms with Crippen molar-refractivity contribution >= 4 is 11.9 Å². The lowest BCUT2D eigenvalue weighted by atomic mass is 9.47. The van der Waals surface area contributed by atoms with Gasteiger partial charge in [-0.1, -0.05) is 46.3 Å². The Labute approximate surface area is 243 Å². The number of hydrogen-bond donors (Lipinski definition) is 1. The summed E-state index contributed by atoms with van der Waals surface area (Å²) in [5, 5.41) is 2.98. The van der Waals surface area contributed by atoms with Crippen LogP contribution in [-0.2, 0) is 19.1 Å². The number of esters is 1. The van der Waals surface area contributed by atoms with Crippen LogP contribution in [0, 0.1) is 40.4 Å². The first-order chi connectivity index (χ1) is 19.0. The number of fused-ring (bicyclic) bond motifs is 7. The van der Waals surface area contributed by atoms with E-state index >= 15 is 0 Å². The summed E-state index contributed by atoms with van der Waals surface area (Å²) >= 11 is 0. The molecule has 4 aliphatic carbocycles. The fourth-order valence-corrected chi connectivity index (χ4v) is 10.3. The minimum Gasteiger partial charge on any atom is -0.491 e. The van der Waals surface area contributed by atoms with Gasteiger partial charge < -0.3 is 14.8 Å². The zero-order valence-electron chi connectivity index (χ0n) is 26.4. The van der Waals surface area contributed by atoms with E-state index in [0.717, 1.165) is 63.3 Å². The van der Waals surface area contributed by atoms with Gasteiger partial charge in [0.05, 0.1) is 5.76 Å². The molecule has 224 valence electrons. The second kappa shape index (κ2) is 11.1. The van der Waals surface area contributed by atoms with Crippen LogP contribution in [0.4, 0.5) is 0 Å². The zero-order valence-corrected chi connectivity index (χ0v) is 26.4.